The summed E-state index contributed by atoms with van der Waals surface area (Å²) in [5.41, 5.74) is 3.86. The molecule has 1 fully saturated rings. The average molecular weight is 558 g/mol. The number of likely N-dealkylation sites (tertiary alicyclic amines) is 1. The first-order chi connectivity index (χ1) is 17.9. The summed E-state index contributed by atoms with van der Waals surface area (Å²) in [7, 11) is 0. The number of nitrogens with two attached hydrogens (primary N) is 1. The fourth-order valence-corrected chi connectivity index (χ4v) is 4.67. The van der Waals surface area contributed by atoms with Crippen LogP contribution < -0.4 is 11.1 Å². The zero-order valence-electron chi connectivity index (χ0n) is 19.7. The van der Waals surface area contributed by atoms with Crippen molar-refractivity contribution in [1.29, 1.82) is 0 Å². The van der Waals surface area contributed by atoms with E-state index >= 15 is 0 Å². The number of carbonyl (C=O) groups is 1. The van der Waals surface area contributed by atoms with Crippen LogP contribution in [0.3, 0.4) is 0 Å². The summed E-state index contributed by atoms with van der Waals surface area (Å²) in [5, 5.41) is 3.24. The van der Waals surface area contributed by atoms with E-state index in [0.29, 0.717) is 42.1 Å². The number of nitrogens with zero attached hydrogens (tertiary/aromatic N) is 1. The van der Waals surface area contributed by atoms with Gasteiger partial charge in [0.25, 0.3) is 5.91 Å². The fourth-order valence-electron chi connectivity index (χ4n) is 4.41. The Morgan fingerprint density at radius 1 is 1.05 bits per heavy atom. The summed E-state index contributed by atoms with van der Waals surface area (Å²) >= 11 is 6.34. The number of hydrogen-bond donors (Lipinski definition) is 2. The molecule has 1 unspecified atom stereocenters. The summed E-state index contributed by atoms with van der Waals surface area (Å²) in [5.74, 6) is -0.559. The first kappa shape index (κ1) is 27.4. The highest BCUT2D eigenvalue weighted by Crippen LogP contribution is 2.38. The van der Waals surface area contributed by atoms with E-state index in [1.54, 1.807) is 29.2 Å². The van der Waals surface area contributed by atoms with Crippen LogP contribution in [0.4, 0.5) is 26.3 Å². The van der Waals surface area contributed by atoms with Gasteiger partial charge in [-0.1, -0.05) is 29.8 Å². The van der Waals surface area contributed by atoms with E-state index in [9.17, 15) is 31.1 Å². The normalized spacial score (nSPS) is 16.9. The van der Waals surface area contributed by atoms with E-state index in [2.05, 4.69) is 5.32 Å². The molecule has 1 amide bonds. The third-order valence-electron chi connectivity index (χ3n) is 6.20. The van der Waals surface area contributed by atoms with Crippen LogP contribution in [0.15, 0.2) is 71.2 Å². The molecule has 1 aromatic heterocycles. The van der Waals surface area contributed by atoms with E-state index in [4.69, 9.17) is 21.8 Å². The molecule has 1 atom stereocenters. The van der Waals surface area contributed by atoms with E-state index < -0.39 is 35.9 Å². The Hall–Kier alpha value is -3.60. The average Bonchev–Trinajstić information content (AvgIpc) is 3.55. The van der Waals surface area contributed by atoms with Crippen molar-refractivity contribution in [3.8, 4) is 0 Å². The first-order valence-electron chi connectivity index (χ1n) is 11.5. The Morgan fingerprint density at radius 2 is 1.71 bits per heavy atom. The minimum atomic E-state index is -4.99. The van der Waals surface area contributed by atoms with Gasteiger partial charge in [-0.3, -0.25) is 4.79 Å². The van der Waals surface area contributed by atoms with Gasteiger partial charge in [0, 0.05) is 23.7 Å². The number of amides is 1. The van der Waals surface area contributed by atoms with Crippen LogP contribution in [0.1, 0.15) is 46.7 Å². The summed E-state index contributed by atoms with van der Waals surface area (Å²) in [6, 6.07) is 9.46. The lowest BCUT2D eigenvalue weighted by atomic mass is 10.0. The largest absolute Gasteiger partial charge is 0.472 e. The Kier molecular flexibility index (Phi) is 7.68. The molecule has 2 heterocycles. The van der Waals surface area contributed by atoms with Gasteiger partial charge in [-0.15, -0.1) is 0 Å². The van der Waals surface area contributed by atoms with Gasteiger partial charge >= 0.3 is 12.4 Å². The second-order valence-electron chi connectivity index (χ2n) is 8.75. The van der Waals surface area contributed by atoms with Crippen LogP contribution in [-0.4, -0.2) is 17.4 Å². The highest BCUT2D eigenvalue weighted by Gasteiger charge is 2.37. The Morgan fingerprint density at radius 3 is 2.29 bits per heavy atom. The molecule has 3 aromatic rings. The minimum Gasteiger partial charge on any atom is -0.472 e. The number of alkyl halides is 6. The van der Waals surface area contributed by atoms with Crippen molar-refractivity contribution in [3.63, 3.8) is 0 Å². The molecule has 5 nitrogen and oxygen atoms in total. The predicted octanol–water partition coefficient (Wildman–Crippen LogP) is 6.75. The predicted molar refractivity (Wildman–Crippen MR) is 128 cm³/mol. The lowest BCUT2D eigenvalue weighted by Crippen LogP contribution is -2.36. The number of nitrogens with one attached hydrogen (secondary N) is 1. The molecule has 2 aromatic carbocycles. The number of furan rings is 1. The Labute approximate surface area is 218 Å². The van der Waals surface area contributed by atoms with Gasteiger partial charge in [0.2, 0.25) is 0 Å². The fraction of sp³-hybridized carbons (Fsp3) is 0.269. The maximum Gasteiger partial charge on any atom is 0.416 e. The Balaban J connectivity index is 1.67. The molecule has 0 aliphatic carbocycles. The topological polar surface area (TPSA) is 71.5 Å². The van der Waals surface area contributed by atoms with E-state index in [1.807, 2.05) is 0 Å². The standard InChI is InChI=1S/C26H22ClF6N3O2/c27-20-5-2-1-4-19(20)21-6-3-8-36(21)24(37)22(34)23(16-7-9-38-14-16)35-13-15-10-17(25(28,29)30)12-18(11-15)26(31,32)33/h1-2,4-5,7,9-12,14,21,35H,3,6,8,13,34H2/b23-22-. The van der Waals surface area contributed by atoms with Crippen LogP contribution >= 0.6 is 11.6 Å². The van der Waals surface area contributed by atoms with Gasteiger partial charge in [0.1, 0.15) is 5.70 Å². The molecule has 3 N–H and O–H groups in total. The first-order valence-corrected chi connectivity index (χ1v) is 11.8. The lowest BCUT2D eigenvalue weighted by Gasteiger charge is -2.27. The van der Waals surface area contributed by atoms with Gasteiger partial charge in [0.05, 0.1) is 35.4 Å². The molecule has 0 radical (unpaired) electrons. The van der Waals surface area contributed by atoms with Crippen molar-refractivity contribution in [2.24, 2.45) is 5.73 Å². The van der Waals surface area contributed by atoms with E-state index in [-0.39, 0.29) is 29.1 Å². The molecule has 12 heteroatoms. The van der Waals surface area contributed by atoms with Crippen molar-refractivity contribution in [2.45, 2.75) is 37.8 Å². The summed E-state index contributed by atoms with van der Waals surface area (Å²) in [6.07, 6.45) is -6.10. The van der Waals surface area contributed by atoms with Crippen molar-refractivity contribution >= 4 is 23.2 Å². The molecule has 202 valence electrons. The second-order valence-corrected chi connectivity index (χ2v) is 9.15. The summed E-state index contributed by atoms with van der Waals surface area (Å²) in [6.45, 7) is -0.0912. The summed E-state index contributed by atoms with van der Waals surface area (Å²) in [4.78, 5) is 15.0. The van der Waals surface area contributed by atoms with Gasteiger partial charge in [-0.2, -0.15) is 26.3 Å². The van der Waals surface area contributed by atoms with E-state index in [1.165, 1.54) is 18.6 Å². The lowest BCUT2D eigenvalue weighted by molar-refractivity contribution is -0.143. The highest BCUT2D eigenvalue weighted by molar-refractivity contribution is 6.31. The monoisotopic (exact) mass is 557 g/mol. The molecule has 0 bridgehead atoms. The third kappa shape index (κ3) is 5.93. The quantitative estimate of drug-likeness (QED) is 0.260. The van der Waals surface area contributed by atoms with Crippen molar-refractivity contribution in [3.05, 3.63) is 99.6 Å². The van der Waals surface area contributed by atoms with E-state index in [0.717, 1.165) is 5.56 Å². The molecular formula is C26H22ClF6N3O2. The highest BCUT2D eigenvalue weighted by atomic mass is 35.5. The second kappa shape index (κ2) is 10.6. The van der Waals surface area contributed by atoms with Crippen molar-refractivity contribution < 1.29 is 35.6 Å². The van der Waals surface area contributed by atoms with Gasteiger partial charge < -0.3 is 20.4 Å². The number of hydrogen-bond acceptors (Lipinski definition) is 4. The molecular weight excluding hydrogens is 536 g/mol. The van der Waals surface area contributed by atoms with Crippen LogP contribution in [0.5, 0.6) is 0 Å². The van der Waals surface area contributed by atoms with Crippen LogP contribution in [-0.2, 0) is 23.7 Å². The van der Waals surface area contributed by atoms with Crippen LogP contribution in [0.25, 0.3) is 5.70 Å². The third-order valence-corrected chi connectivity index (χ3v) is 6.55. The number of benzene rings is 2. The molecule has 1 aliphatic rings. The Bertz CT molecular complexity index is 1300. The number of carbonyl (C=O) groups excluding carboxylic acids is 1. The zero-order chi connectivity index (χ0) is 27.7. The molecule has 38 heavy (non-hydrogen) atoms. The van der Waals surface area contributed by atoms with Crippen molar-refractivity contribution in [2.75, 3.05) is 6.54 Å². The van der Waals surface area contributed by atoms with Gasteiger partial charge in [-0.25, -0.2) is 0 Å². The number of halogens is 7. The molecule has 0 spiro atoms. The summed E-state index contributed by atoms with van der Waals surface area (Å²) < 4.78 is 84.8. The van der Waals surface area contributed by atoms with Crippen molar-refractivity contribution in [1.82, 2.24) is 10.2 Å². The molecule has 4 rings (SSSR count). The minimum absolute atomic E-state index is 0.0135. The zero-order valence-corrected chi connectivity index (χ0v) is 20.4. The van der Waals surface area contributed by atoms with Gasteiger partial charge in [0.15, 0.2) is 0 Å². The number of rotatable bonds is 6. The maximum atomic E-state index is 13.5. The molecule has 0 saturated carbocycles. The van der Waals surface area contributed by atoms with Crippen LogP contribution in [0, 0.1) is 0 Å². The SMILES string of the molecule is N/C(C(=O)N1CCCC1c1ccccc1Cl)=C(\NCc1cc(C(F)(F)F)cc(C(F)(F)F)c1)c1ccoc1. The maximum absolute atomic E-state index is 13.5. The van der Waals surface area contributed by atoms with Crippen LogP contribution in [0.2, 0.25) is 5.02 Å². The van der Waals surface area contributed by atoms with Gasteiger partial charge in [-0.05, 0) is 54.3 Å². The molecule has 1 aliphatic heterocycles. The molecule has 1 saturated heterocycles. The smallest absolute Gasteiger partial charge is 0.416 e.